The Hall–Kier alpha value is -2.82. The summed E-state index contributed by atoms with van der Waals surface area (Å²) in [6.45, 7) is 6.06. The number of rotatable bonds is 8. The molecule has 2 amide bonds. The van der Waals surface area contributed by atoms with Gasteiger partial charge in [-0.05, 0) is 62.4 Å². The molecule has 1 unspecified atom stereocenters. The van der Waals surface area contributed by atoms with Gasteiger partial charge < -0.3 is 15.0 Å². The highest BCUT2D eigenvalue weighted by molar-refractivity contribution is 5.88. The first-order valence-corrected chi connectivity index (χ1v) is 10.8. The Morgan fingerprint density at radius 1 is 1.07 bits per heavy atom. The third-order valence-electron chi connectivity index (χ3n) is 5.62. The van der Waals surface area contributed by atoms with E-state index in [0.29, 0.717) is 12.3 Å². The summed E-state index contributed by atoms with van der Waals surface area (Å²) in [4.78, 5) is 27.6. The zero-order valence-corrected chi connectivity index (χ0v) is 18.2. The Balaban J connectivity index is 1.70. The lowest BCUT2D eigenvalue weighted by Gasteiger charge is -2.29. The number of nitrogens with one attached hydrogen (secondary N) is 1. The summed E-state index contributed by atoms with van der Waals surface area (Å²) in [5.74, 6) is 0.369. The second-order valence-electron chi connectivity index (χ2n) is 8.29. The molecule has 0 aromatic heterocycles. The summed E-state index contributed by atoms with van der Waals surface area (Å²) in [5.41, 5.74) is 3.16. The van der Waals surface area contributed by atoms with Crippen molar-refractivity contribution in [2.24, 2.45) is 0 Å². The molecule has 2 aromatic rings. The van der Waals surface area contributed by atoms with Gasteiger partial charge in [0.2, 0.25) is 5.91 Å². The van der Waals surface area contributed by atoms with E-state index < -0.39 is 6.04 Å². The van der Waals surface area contributed by atoms with Crippen LogP contribution in [0.25, 0.3) is 0 Å². The van der Waals surface area contributed by atoms with E-state index >= 15 is 0 Å². The Morgan fingerprint density at radius 2 is 1.70 bits per heavy atom. The summed E-state index contributed by atoms with van der Waals surface area (Å²) < 4.78 is 5.79. The Labute approximate surface area is 179 Å². The maximum absolute atomic E-state index is 13.1. The van der Waals surface area contributed by atoms with Crippen LogP contribution in [0.1, 0.15) is 49.3 Å². The van der Waals surface area contributed by atoms with Gasteiger partial charge in [-0.25, -0.2) is 0 Å². The molecule has 5 heteroatoms. The summed E-state index contributed by atoms with van der Waals surface area (Å²) in [6, 6.07) is 15.3. The SMILES string of the molecule is Cc1cc(C)cc(OCC(=O)N(Cc2ccccc2)C(C)C(=O)NC2CCCC2)c1. The highest BCUT2D eigenvalue weighted by Crippen LogP contribution is 2.19. The van der Waals surface area contributed by atoms with Crippen LogP contribution in [0.3, 0.4) is 0 Å². The summed E-state index contributed by atoms with van der Waals surface area (Å²) in [7, 11) is 0. The first-order valence-electron chi connectivity index (χ1n) is 10.8. The van der Waals surface area contributed by atoms with Crippen molar-refractivity contribution in [1.29, 1.82) is 0 Å². The number of benzene rings is 2. The van der Waals surface area contributed by atoms with E-state index in [1.807, 2.05) is 56.3 Å². The molecule has 1 N–H and O–H groups in total. The number of hydrogen-bond donors (Lipinski definition) is 1. The van der Waals surface area contributed by atoms with Crippen LogP contribution < -0.4 is 10.1 Å². The van der Waals surface area contributed by atoms with Gasteiger partial charge in [-0.3, -0.25) is 9.59 Å². The number of hydrogen-bond acceptors (Lipinski definition) is 3. The molecule has 2 aromatic carbocycles. The van der Waals surface area contributed by atoms with Gasteiger partial charge in [0.25, 0.3) is 5.91 Å². The lowest BCUT2D eigenvalue weighted by Crippen LogP contribution is -2.50. The van der Waals surface area contributed by atoms with Gasteiger partial charge in [-0.15, -0.1) is 0 Å². The number of ether oxygens (including phenoxy) is 1. The molecule has 1 atom stereocenters. The van der Waals surface area contributed by atoms with E-state index in [-0.39, 0.29) is 24.5 Å². The average molecular weight is 409 g/mol. The van der Waals surface area contributed by atoms with Crippen LogP contribution >= 0.6 is 0 Å². The van der Waals surface area contributed by atoms with Crippen molar-refractivity contribution in [2.75, 3.05) is 6.61 Å². The fourth-order valence-corrected chi connectivity index (χ4v) is 4.00. The first-order chi connectivity index (χ1) is 14.4. The van der Waals surface area contributed by atoms with Crippen LogP contribution in [0, 0.1) is 13.8 Å². The lowest BCUT2D eigenvalue weighted by atomic mass is 10.1. The van der Waals surface area contributed by atoms with Gasteiger partial charge in [-0.2, -0.15) is 0 Å². The van der Waals surface area contributed by atoms with Gasteiger partial charge in [0, 0.05) is 12.6 Å². The summed E-state index contributed by atoms with van der Waals surface area (Å²) in [6.07, 6.45) is 4.33. The molecule has 3 rings (SSSR count). The number of carbonyl (C=O) groups is 2. The molecule has 30 heavy (non-hydrogen) atoms. The minimum atomic E-state index is -0.568. The lowest BCUT2D eigenvalue weighted by molar-refractivity contribution is -0.142. The largest absolute Gasteiger partial charge is 0.484 e. The van der Waals surface area contributed by atoms with Crippen molar-refractivity contribution >= 4 is 11.8 Å². The smallest absolute Gasteiger partial charge is 0.261 e. The van der Waals surface area contributed by atoms with Gasteiger partial charge in [0.15, 0.2) is 6.61 Å². The molecule has 0 aliphatic heterocycles. The van der Waals surface area contributed by atoms with Crippen LogP contribution in [0.4, 0.5) is 0 Å². The zero-order chi connectivity index (χ0) is 21.5. The maximum Gasteiger partial charge on any atom is 0.261 e. The normalized spacial score (nSPS) is 14.9. The van der Waals surface area contributed by atoms with Crippen molar-refractivity contribution in [1.82, 2.24) is 10.2 Å². The Morgan fingerprint density at radius 3 is 2.33 bits per heavy atom. The second kappa shape index (κ2) is 10.3. The zero-order valence-electron chi connectivity index (χ0n) is 18.2. The van der Waals surface area contributed by atoms with E-state index in [2.05, 4.69) is 11.4 Å². The van der Waals surface area contributed by atoms with E-state index in [1.165, 1.54) is 0 Å². The minimum Gasteiger partial charge on any atom is -0.484 e. The van der Waals surface area contributed by atoms with Crippen molar-refractivity contribution in [3.63, 3.8) is 0 Å². The van der Waals surface area contributed by atoms with E-state index in [4.69, 9.17) is 4.74 Å². The molecular formula is C25H32N2O3. The van der Waals surface area contributed by atoms with Crippen LogP contribution in [0.15, 0.2) is 48.5 Å². The first kappa shape index (κ1) is 21.9. The quantitative estimate of drug-likeness (QED) is 0.714. The molecule has 1 fully saturated rings. The molecule has 0 bridgehead atoms. The predicted octanol–water partition coefficient (Wildman–Crippen LogP) is 4.16. The second-order valence-corrected chi connectivity index (χ2v) is 8.29. The summed E-state index contributed by atoms with van der Waals surface area (Å²) in [5, 5.41) is 3.11. The van der Waals surface area contributed by atoms with Crippen molar-refractivity contribution in [3.8, 4) is 5.75 Å². The predicted molar refractivity (Wildman–Crippen MR) is 118 cm³/mol. The molecule has 0 spiro atoms. The minimum absolute atomic E-state index is 0.0995. The van der Waals surface area contributed by atoms with Crippen LogP contribution in [-0.4, -0.2) is 35.4 Å². The van der Waals surface area contributed by atoms with Gasteiger partial charge in [0.1, 0.15) is 11.8 Å². The molecule has 0 heterocycles. The van der Waals surface area contributed by atoms with Crippen LogP contribution in [0.2, 0.25) is 0 Å². The molecule has 0 radical (unpaired) electrons. The number of aryl methyl sites for hydroxylation is 2. The summed E-state index contributed by atoms with van der Waals surface area (Å²) >= 11 is 0. The Kier molecular flexibility index (Phi) is 7.50. The maximum atomic E-state index is 13.1. The van der Waals surface area contributed by atoms with E-state index in [9.17, 15) is 9.59 Å². The highest BCUT2D eigenvalue weighted by atomic mass is 16.5. The molecule has 5 nitrogen and oxygen atoms in total. The third-order valence-corrected chi connectivity index (χ3v) is 5.62. The molecular weight excluding hydrogens is 376 g/mol. The topological polar surface area (TPSA) is 58.6 Å². The van der Waals surface area contributed by atoms with Gasteiger partial charge in [0.05, 0.1) is 0 Å². The molecule has 1 aliphatic carbocycles. The Bertz CT molecular complexity index is 840. The highest BCUT2D eigenvalue weighted by Gasteiger charge is 2.28. The van der Waals surface area contributed by atoms with Gasteiger partial charge >= 0.3 is 0 Å². The molecule has 1 saturated carbocycles. The standard InChI is InChI=1S/C25H32N2O3/c1-18-13-19(2)15-23(14-18)30-17-24(28)27(16-21-9-5-4-6-10-21)20(3)25(29)26-22-11-7-8-12-22/h4-6,9-10,13-15,20,22H,7-8,11-12,16-17H2,1-3H3,(H,26,29). The van der Waals surface area contributed by atoms with Gasteiger partial charge in [-0.1, -0.05) is 49.2 Å². The number of nitrogens with zero attached hydrogens (tertiary/aromatic N) is 1. The van der Waals surface area contributed by atoms with E-state index in [1.54, 1.807) is 11.8 Å². The fraction of sp³-hybridized carbons (Fsp3) is 0.440. The average Bonchev–Trinajstić information content (AvgIpc) is 3.23. The van der Waals surface area contributed by atoms with Crippen LogP contribution in [-0.2, 0) is 16.1 Å². The van der Waals surface area contributed by atoms with Crippen molar-refractivity contribution in [3.05, 3.63) is 65.2 Å². The van der Waals surface area contributed by atoms with Crippen molar-refractivity contribution in [2.45, 2.75) is 65.1 Å². The third kappa shape index (κ3) is 6.09. The van der Waals surface area contributed by atoms with Crippen molar-refractivity contribution < 1.29 is 14.3 Å². The fourth-order valence-electron chi connectivity index (χ4n) is 4.00. The molecule has 160 valence electrons. The monoisotopic (exact) mass is 408 g/mol. The molecule has 0 saturated heterocycles. The van der Waals surface area contributed by atoms with E-state index in [0.717, 1.165) is 42.4 Å². The number of amides is 2. The van der Waals surface area contributed by atoms with Crippen LogP contribution in [0.5, 0.6) is 5.75 Å². The number of carbonyl (C=O) groups excluding carboxylic acids is 2. The molecule has 1 aliphatic rings.